The number of furan rings is 1. The Morgan fingerprint density at radius 2 is 2.19 bits per heavy atom. The van der Waals surface area contributed by atoms with Crippen LogP contribution in [0.1, 0.15) is 22.0 Å². The number of aryl methyl sites for hydroxylation is 1. The van der Waals surface area contributed by atoms with E-state index in [-0.39, 0.29) is 17.2 Å². The van der Waals surface area contributed by atoms with Gasteiger partial charge in [0.1, 0.15) is 10.7 Å². The summed E-state index contributed by atoms with van der Waals surface area (Å²) >= 11 is 0. The SMILES string of the molecule is Cc1oc(C(=O)O)cc1S(=O)(=O)NCCc1ccccn1. The average Bonchev–Trinajstić information content (AvgIpc) is 2.83. The predicted octanol–water partition coefficient (Wildman–Crippen LogP) is 1.20. The fourth-order valence-electron chi connectivity index (χ4n) is 1.77. The molecule has 0 saturated heterocycles. The molecule has 0 aromatic carbocycles. The van der Waals surface area contributed by atoms with E-state index in [1.54, 1.807) is 18.3 Å². The molecule has 7 nitrogen and oxygen atoms in total. The predicted molar refractivity (Wildman–Crippen MR) is 73.5 cm³/mol. The number of sulfonamides is 1. The molecule has 0 aliphatic heterocycles. The lowest BCUT2D eigenvalue weighted by Crippen LogP contribution is -2.26. The van der Waals surface area contributed by atoms with E-state index in [0.717, 1.165) is 11.8 Å². The van der Waals surface area contributed by atoms with Crippen LogP contribution in [0, 0.1) is 6.92 Å². The molecule has 2 aromatic heterocycles. The van der Waals surface area contributed by atoms with Gasteiger partial charge in [-0.1, -0.05) is 6.07 Å². The Bertz CT molecular complexity index is 737. The van der Waals surface area contributed by atoms with Crippen molar-refractivity contribution >= 4 is 16.0 Å². The van der Waals surface area contributed by atoms with Crippen LogP contribution in [-0.4, -0.2) is 31.0 Å². The maximum Gasteiger partial charge on any atom is 0.371 e. The van der Waals surface area contributed by atoms with Gasteiger partial charge in [-0.2, -0.15) is 0 Å². The van der Waals surface area contributed by atoms with Crippen LogP contribution in [0.2, 0.25) is 0 Å². The van der Waals surface area contributed by atoms with Gasteiger partial charge in [0.2, 0.25) is 15.8 Å². The zero-order chi connectivity index (χ0) is 15.5. The van der Waals surface area contributed by atoms with Crippen molar-refractivity contribution in [2.75, 3.05) is 6.54 Å². The fourth-order valence-corrected chi connectivity index (χ4v) is 2.98. The molecule has 2 rings (SSSR count). The standard InChI is InChI=1S/C13H14N2O5S/c1-9-12(8-11(20-9)13(16)17)21(18,19)15-7-5-10-4-2-3-6-14-10/h2-4,6,8,15H,5,7H2,1H3,(H,16,17). The number of hydrogen-bond donors (Lipinski definition) is 2. The van der Waals surface area contributed by atoms with E-state index in [1.807, 2.05) is 6.07 Å². The number of nitrogens with zero attached hydrogens (tertiary/aromatic N) is 1. The molecule has 2 aromatic rings. The molecule has 0 spiro atoms. The molecule has 2 N–H and O–H groups in total. The third-order valence-corrected chi connectivity index (χ3v) is 4.34. The first-order valence-corrected chi connectivity index (χ1v) is 7.62. The Morgan fingerprint density at radius 3 is 2.76 bits per heavy atom. The van der Waals surface area contributed by atoms with Gasteiger partial charge in [0.15, 0.2) is 0 Å². The number of aromatic nitrogens is 1. The number of nitrogens with one attached hydrogen (secondary N) is 1. The summed E-state index contributed by atoms with van der Waals surface area (Å²) in [4.78, 5) is 14.7. The average molecular weight is 310 g/mol. The van der Waals surface area contributed by atoms with Crippen LogP contribution in [0.15, 0.2) is 39.8 Å². The molecular weight excluding hydrogens is 296 g/mol. The van der Waals surface area contributed by atoms with Crippen LogP contribution < -0.4 is 4.72 Å². The highest BCUT2D eigenvalue weighted by Gasteiger charge is 2.23. The van der Waals surface area contributed by atoms with Crippen LogP contribution in [0.25, 0.3) is 0 Å². The van der Waals surface area contributed by atoms with Gasteiger partial charge in [-0.3, -0.25) is 4.98 Å². The van der Waals surface area contributed by atoms with E-state index in [9.17, 15) is 13.2 Å². The molecule has 8 heteroatoms. The summed E-state index contributed by atoms with van der Waals surface area (Å²) in [5.74, 6) is -1.68. The Kier molecular flexibility index (Phi) is 4.39. The maximum atomic E-state index is 12.1. The van der Waals surface area contributed by atoms with E-state index < -0.39 is 21.8 Å². The molecule has 0 aliphatic rings. The molecule has 0 atom stereocenters. The van der Waals surface area contributed by atoms with Crippen molar-refractivity contribution in [3.05, 3.63) is 47.7 Å². The van der Waals surface area contributed by atoms with Crippen LogP contribution in [-0.2, 0) is 16.4 Å². The summed E-state index contributed by atoms with van der Waals surface area (Å²) in [6, 6.07) is 6.38. The summed E-state index contributed by atoms with van der Waals surface area (Å²) in [6.07, 6.45) is 2.06. The van der Waals surface area contributed by atoms with E-state index in [4.69, 9.17) is 9.52 Å². The van der Waals surface area contributed by atoms with Gasteiger partial charge in [-0.15, -0.1) is 0 Å². The number of hydrogen-bond acceptors (Lipinski definition) is 5. The van der Waals surface area contributed by atoms with Crippen LogP contribution in [0.4, 0.5) is 0 Å². The molecule has 0 aliphatic carbocycles. The topological polar surface area (TPSA) is 109 Å². The second-order valence-corrected chi connectivity index (χ2v) is 6.04. The minimum Gasteiger partial charge on any atom is -0.475 e. The minimum atomic E-state index is -3.81. The molecule has 0 unspecified atom stereocenters. The Balaban J connectivity index is 2.07. The monoisotopic (exact) mass is 310 g/mol. The first kappa shape index (κ1) is 15.2. The molecule has 0 saturated carbocycles. The number of rotatable bonds is 6. The Morgan fingerprint density at radius 1 is 1.43 bits per heavy atom. The second kappa shape index (κ2) is 6.06. The van der Waals surface area contributed by atoms with Crippen molar-refractivity contribution in [2.45, 2.75) is 18.2 Å². The summed E-state index contributed by atoms with van der Waals surface area (Å²) in [6.45, 7) is 1.56. The van der Waals surface area contributed by atoms with Gasteiger partial charge in [0, 0.05) is 30.9 Å². The minimum absolute atomic E-state index is 0.0396. The van der Waals surface area contributed by atoms with Gasteiger partial charge >= 0.3 is 5.97 Å². The summed E-state index contributed by atoms with van der Waals surface area (Å²) in [5, 5.41) is 8.80. The number of carboxylic acids is 1. The smallest absolute Gasteiger partial charge is 0.371 e. The lowest BCUT2D eigenvalue weighted by Gasteiger charge is -2.05. The van der Waals surface area contributed by atoms with Crippen molar-refractivity contribution in [1.29, 1.82) is 0 Å². The van der Waals surface area contributed by atoms with Gasteiger partial charge < -0.3 is 9.52 Å². The third kappa shape index (κ3) is 3.67. The molecular formula is C13H14N2O5S. The normalized spacial score (nSPS) is 11.5. The summed E-state index contributed by atoms with van der Waals surface area (Å²) in [5.41, 5.74) is 0.760. The lowest BCUT2D eigenvalue weighted by atomic mass is 10.3. The summed E-state index contributed by atoms with van der Waals surface area (Å²) < 4.78 is 31.5. The van der Waals surface area contributed by atoms with Gasteiger partial charge in [0.25, 0.3) is 0 Å². The zero-order valence-electron chi connectivity index (χ0n) is 11.2. The van der Waals surface area contributed by atoms with Crippen molar-refractivity contribution < 1.29 is 22.7 Å². The van der Waals surface area contributed by atoms with E-state index in [2.05, 4.69) is 9.71 Å². The number of aromatic carboxylic acids is 1. The number of carboxylic acid groups (broad SMARTS) is 1. The van der Waals surface area contributed by atoms with Crippen molar-refractivity contribution in [1.82, 2.24) is 9.71 Å². The highest BCUT2D eigenvalue weighted by molar-refractivity contribution is 7.89. The van der Waals surface area contributed by atoms with Gasteiger partial charge in [-0.25, -0.2) is 17.9 Å². The van der Waals surface area contributed by atoms with Crippen molar-refractivity contribution in [2.24, 2.45) is 0 Å². The van der Waals surface area contributed by atoms with Crippen LogP contribution >= 0.6 is 0 Å². The second-order valence-electron chi connectivity index (χ2n) is 4.31. The first-order valence-electron chi connectivity index (χ1n) is 6.13. The molecule has 112 valence electrons. The zero-order valence-corrected chi connectivity index (χ0v) is 12.1. The third-order valence-electron chi connectivity index (χ3n) is 2.77. The molecule has 21 heavy (non-hydrogen) atoms. The van der Waals surface area contributed by atoms with Crippen LogP contribution in [0.3, 0.4) is 0 Å². The van der Waals surface area contributed by atoms with E-state index in [1.165, 1.54) is 6.92 Å². The van der Waals surface area contributed by atoms with Gasteiger partial charge in [0.05, 0.1) is 0 Å². The highest BCUT2D eigenvalue weighted by atomic mass is 32.2. The molecule has 2 heterocycles. The van der Waals surface area contributed by atoms with Crippen molar-refractivity contribution in [3.8, 4) is 0 Å². The largest absolute Gasteiger partial charge is 0.475 e. The van der Waals surface area contributed by atoms with Gasteiger partial charge in [-0.05, 0) is 19.1 Å². The Hall–Kier alpha value is -2.19. The number of carbonyl (C=O) groups is 1. The maximum absolute atomic E-state index is 12.1. The molecule has 0 fully saturated rings. The Labute approximate surface area is 121 Å². The van der Waals surface area contributed by atoms with Crippen LogP contribution in [0.5, 0.6) is 0 Å². The molecule has 0 bridgehead atoms. The lowest BCUT2D eigenvalue weighted by molar-refractivity contribution is 0.0661. The highest BCUT2D eigenvalue weighted by Crippen LogP contribution is 2.19. The first-order chi connectivity index (χ1) is 9.90. The molecule has 0 amide bonds. The summed E-state index contributed by atoms with van der Waals surface area (Å²) in [7, 11) is -3.81. The quantitative estimate of drug-likeness (QED) is 0.829. The van der Waals surface area contributed by atoms with Crippen molar-refractivity contribution in [3.63, 3.8) is 0 Å². The molecule has 0 radical (unpaired) electrons. The fraction of sp³-hybridized carbons (Fsp3) is 0.231. The van der Waals surface area contributed by atoms with E-state index in [0.29, 0.717) is 6.42 Å². The number of pyridine rings is 1. The van der Waals surface area contributed by atoms with E-state index >= 15 is 0 Å².